The molecule has 1 N–H and O–H groups in total. The van der Waals surface area contributed by atoms with Crippen LogP contribution in [0.5, 0.6) is 0 Å². The maximum Gasteiger partial charge on any atom is 0.238 e. The summed E-state index contributed by atoms with van der Waals surface area (Å²) in [7, 11) is 0. The summed E-state index contributed by atoms with van der Waals surface area (Å²) in [5.74, 6) is 0.838. The number of nitrogens with one attached hydrogen (secondary N) is 1. The van der Waals surface area contributed by atoms with Crippen LogP contribution in [0.4, 0.5) is 10.9 Å². The highest BCUT2D eigenvalue weighted by molar-refractivity contribution is 8.01. The Bertz CT molecular complexity index is 1030. The van der Waals surface area contributed by atoms with E-state index in [0.29, 0.717) is 23.3 Å². The number of amides is 2. The van der Waals surface area contributed by atoms with Gasteiger partial charge in [-0.15, -0.1) is 11.8 Å². The number of rotatable bonds is 8. The molecule has 2 atom stereocenters. The number of nitrogens with zero attached hydrogens (tertiary/aromatic N) is 3. The van der Waals surface area contributed by atoms with Crippen molar-refractivity contribution in [2.24, 2.45) is 0 Å². The Labute approximate surface area is 188 Å². The average Bonchev–Trinajstić information content (AvgIpc) is 3.50. The fraction of sp³-hybridized carbons (Fsp3) is 0.429. The minimum absolute atomic E-state index is 0.0112. The van der Waals surface area contributed by atoms with Crippen molar-refractivity contribution in [2.75, 3.05) is 29.1 Å². The molecule has 164 valence electrons. The number of thioether (sulfide) groups is 1. The van der Waals surface area contributed by atoms with Gasteiger partial charge >= 0.3 is 0 Å². The Morgan fingerprint density at radius 3 is 2.94 bits per heavy atom. The monoisotopic (exact) mass is 460 g/mol. The van der Waals surface area contributed by atoms with Gasteiger partial charge in [-0.3, -0.25) is 14.5 Å². The van der Waals surface area contributed by atoms with E-state index >= 15 is 0 Å². The summed E-state index contributed by atoms with van der Waals surface area (Å²) in [6, 6.07) is 9.49. The predicted octanol–water partition coefficient (Wildman–Crippen LogP) is 3.87. The van der Waals surface area contributed by atoms with Gasteiger partial charge in [0.15, 0.2) is 10.9 Å². The normalized spacial score (nSPS) is 17.0. The molecular formula is C21H24N4O4S2. The Morgan fingerprint density at radius 2 is 2.23 bits per heavy atom. The second-order valence-corrected chi connectivity index (χ2v) is 9.71. The highest BCUT2D eigenvalue weighted by Gasteiger charge is 2.27. The van der Waals surface area contributed by atoms with E-state index in [1.165, 1.54) is 23.1 Å². The lowest BCUT2D eigenvalue weighted by atomic mass is 10.2. The number of benzene rings is 1. The van der Waals surface area contributed by atoms with Crippen molar-refractivity contribution in [3.8, 4) is 0 Å². The van der Waals surface area contributed by atoms with Gasteiger partial charge in [-0.05, 0) is 38.8 Å². The molecule has 2 unspecified atom stereocenters. The van der Waals surface area contributed by atoms with E-state index in [0.717, 1.165) is 29.7 Å². The lowest BCUT2D eigenvalue weighted by Crippen LogP contribution is -2.39. The van der Waals surface area contributed by atoms with Gasteiger partial charge < -0.3 is 14.6 Å². The summed E-state index contributed by atoms with van der Waals surface area (Å²) in [4.78, 5) is 31.9. The third-order valence-electron chi connectivity index (χ3n) is 4.93. The van der Waals surface area contributed by atoms with Gasteiger partial charge in [0.05, 0.1) is 33.9 Å². The van der Waals surface area contributed by atoms with Crippen LogP contribution in [-0.4, -0.2) is 52.2 Å². The van der Waals surface area contributed by atoms with Crippen LogP contribution in [0.25, 0.3) is 10.2 Å². The Balaban J connectivity index is 1.41. The first-order valence-corrected chi connectivity index (χ1v) is 12.0. The number of hydrogen-bond acceptors (Lipinski definition) is 8. The van der Waals surface area contributed by atoms with Crippen LogP contribution in [0, 0.1) is 6.92 Å². The van der Waals surface area contributed by atoms with Crippen LogP contribution in [0.3, 0.4) is 0 Å². The molecule has 0 radical (unpaired) electrons. The molecular weight excluding hydrogens is 436 g/mol. The summed E-state index contributed by atoms with van der Waals surface area (Å²) < 4.78 is 11.8. The van der Waals surface area contributed by atoms with Gasteiger partial charge in [0, 0.05) is 12.7 Å². The number of thiazole rings is 1. The van der Waals surface area contributed by atoms with E-state index in [9.17, 15) is 9.59 Å². The third-order valence-corrected chi connectivity index (χ3v) is 7.12. The van der Waals surface area contributed by atoms with E-state index in [-0.39, 0.29) is 23.7 Å². The highest BCUT2D eigenvalue weighted by atomic mass is 32.2. The molecule has 1 aliphatic rings. The Morgan fingerprint density at radius 1 is 1.39 bits per heavy atom. The lowest BCUT2D eigenvalue weighted by molar-refractivity contribution is -0.116. The van der Waals surface area contributed by atoms with E-state index in [4.69, 9.17) is 9.26 Å². The molecule has 8 nitrogen and oxygen atoms in total. The molecule has 10 heteroatoms. The molecule has 3 heterocycles. The van der Waals surface area contributed by atoms with E-state index < -0.39 is 5.25 Å². The minimum Gasteiger partial charge on any atom is -0.376 e. The molecule has 0 aliphatic carbocycles. The molecule has 2 aromatic heterocycles. The largest absolute Gasteiger partial charge is 0.376 e. The van der Waals surface area contributed by atoms with Gasteiger partial charge in [-0.1, -0.05) is 28.6 Å². The number of ether oxygens (including phenoxy) is 1. The minimum atomic E-state index is -0.430. The number of anilines is 2. The van der Waals surface area contributed by atoms with Crippen molar-refractivity contribution in [1.29, 1.82) is 0 Å². The molecule has 0 spiro atoms. The maximum atomic E-state index is 13.2. The predicted molar refractivity (Wildman–Crippen MR) is 123 cm³/mol. The van der Waals surface area contributed by atoms with E-state index in [1.54, 1.807) is 24.8 Å². The molecule has 4 rings (SSSR count). The van der Waals surface area contributed by atoms with Crippen LogP contribution in [0.2, 0.25) is 0 Å². The quantitative estimate of drug-likeness (QED) is 0.545. The number of aryl methyl sites for hydroxylation is 1. The molecule has 31 heavy (non-hydrogen) atoms. The molecule has 0 saturated carbocycles. The van der Waals surface area contributed by atoms with Crippen molar-refractivity contribution >= 4 is 56.1 Å². The average molecular weight is 461 g/mol. The van der Waals surface area contributed by atoms with E-state index in [1.807, 2.05) is 24.3 Å². The molecule has 1 fully saturated rings. The number of carbonyl (C=O) groups is 2. The molecule has 1 aliphatic heterocycles. The third kappa shape index (κ3) is 5.44. The number of aromatic nitrogens is 2. The number of para-hydroxylation sites is 1. The zero-order chi connectivity index (χ0) is 21.8. The Hall–Kier alpha value is -2.43. The molecule has 2 amide bonds. The highest BCUT2D eigenvalue weighted by Crippen LogP contribution is 2.30. The summed E-state index contributed by atoms with van der Waals surface area (Å²) >= 11 is 2.77. The first kappa shape index (κ1) is 21.8. The van der Waals surface area contributed by atoms with Crippen LogP contribution < -0.4 is 10.2 Å². The van der Waals surface area contributed by atoms with Crippen LogP contribution in [-0.2, 0) is 14.3 Å². The standard InChI is InChI=1S/C21H24N4O4S2/c1-13-10-18(24-29-13)23-20(27)14(2)30-12-19(26)25(11-15-6-5-9-28-15)21-22-16-7-3-4-8-17(16)31-21/h3-4,7-8,10,14-15H,5-6,9,11-12H2,1-2H3,(H,23,24,27). The number of carbonyl (C=O) groups excluding carboxylic acids is 2. The fourth-order valence-electron chi connectivity index (χ4n) is 3.26. The SMILES string of the molecule is Cc1cc(NC(=O)C(C)SCC(=O)N(CC2CCCO2)c2nc3ccccc3s2)no1. The van der Waals surface area contributed by atoms with Gasteiger partial charge in [-0.25, -0.2) is 4.98 Å². The van der Waals surface area contributed by atoms with E-state index in [2.05, 4.69) is 15.5 Å². The van der Waals surface area contributed by atoms with Crippen LogP contribution in [0.15, 0.2) is 34.9 Å². The summed E-state index contributed by atoms with van der Waals surface area (Å²) in [6.07, 6.45) is 1.94. The van der Waals surface area contributed by atoms with Gasteiger partial charge in [0.25, 0.3) is 0 Å². The smallest absolute Gasteiger partial charge is 0.238 e. The first-order chi connectivity index (χ1) is 15.0. The first-order valence-electron chi connectivity index (χ1n) is 10.1. The van der Waals surface area contributed by atoms with Crippen LogP contribution in [0.1, 0.15) is 25.5 Å². The van der Waals surface area contributed by atoms with Gasteiger partial charge in [0.1, 0.15) is 5.76 Å². The lowest BCUT2D eigenvalue weighted by Gasteiger charge is -2.23. The summed E-state index contributed by atoms with van der Waals surface area (Å²) in [5, 5.41) is 6.71. The summed E-state index contributed by atoms with van der Waals surface area (Å²) in [6.45, 7) is 4.71. The van der Waals surface area contributed by atoms with Crippen molar-refractivity contribution in [1.82, 2.24) is 10.1 Å². The second-order valence-electron chi connectivity index (χ2n) is 7.37. The second kappa shape index (κ2) is 9.80. The Kier molecular flexibility index (Phi) is 6.89. The van der Waals surface area contributed by atoms with Gasteiger partial charge in [0.2, 0.25) is 11.8 Å². The van der Waals surface area contributed by atoms with Crippen molar-refractivity contribution < 1.29 is 18.8 Å². The van der Waals surface area contributed by atoms with Crippen molar-refractivity contribution in [3.05, 3.63) is 36.1 Å². The molecule has 3 aromatic rings. The zero-order valence-corrected chi connectivity index (χ0v) is 19.0. The van der Waals surface area contributed by atoms with Crippen molar-refractivity contribution in [3.63, 3.8) is 0 Å². The maximum absolute atomic E-state index is 13.2. The summed E-state index contributed by atoms with van der Waals surface area (Å²) in [5.41, 5.74) is 0.871. The number of fused-ring (bicyclic) bond motifs is 1. The number of hydrogen-bond donors (Lipinski definition) is 1. The zero-order valence-electron chi connectivity index (χ0n) is 17.4. The van der Waals surface area contributed by atoms with Crippen LogP contribution >= 0.6 is 23.1 Å². The molecule has 1 saturated heterocycles. The fourth-order valence-corrected chi connectivity index (χ4v) is 5.01. The molecule has 0 bridgehead atoms. The van der Waals surface area contributed by atoms with Gasteiger partial charge in [-0.2, -0.15) is 0 Å². The topological polar surface area (TPSA) is 97.6 Å². The molecule has 1 aromatic carbocycles. The van der Waals surface area contributed by atoms with Crippen molar-refractivity contribution in [2.45, 2.75) is 38.0 Å².